The number of rotatable bonds is 4. The van der Waals surface area contributed by atoms with Crippen molar-refractivity contribution in [3.05, 3.63) is 28.5 Å². The van der Waals surface area contributed by atoms with E-state index in [0.717, 1.165) is 47.3 Å². The molecule has 0 saturated heterocycles. The van der Waals surface area contributed by atoms with E-state index in [1.807, 2.05) is 7.05 Å². The summed E-state index contributed by atoms with van der Waals surface area (Å²) in [6, 6.07) is 2.27. The molecule has 0 spiro atoms. The predicted molar refractivity (Wildman–Crippen MR) is 101 cm³/mol. The van der Waals surface area contributed by atoms with Crippen LogP contribution >= 0.6 is 23.1 Å². The second-order valence-electron chi connectivity index (χ2n) is 6.05. The Kier molecular flexibility index (Phi) is 4.61. The number of hydrogen-bond donors (Lipinski definition) is 1. The molecule has 0 radical (unpaired) electrons. The molecule has 132 valence electrons. The smallest absolute Gasteiger partial charge is 0.235 e. The lowest BCUT2D eigenvalue weighted by Gasteiger charge is -2.09. The van der Waals surface area contributed by atoms with E-state index in [1.165, 1.54) is 34.3 Å². The molecule has 3 aromatic rings. The number of hydrogen-bond acceptors (Lipinski definition) is 7. The molecule has 0 unspecified atom stereocenters. The number of aryl methyl sites for hydroxylation is 2. The summed E-state index contributed by atoms with van der Waals surface area (Å²) in [6.07, 6.45) is 7.37. The third-order valence-corrected chi connectivity index (χ3v) is 6.58. The number of nitrogens with zero attached hydrogens (tertiary/aromatic N) is 5. The molecular weight excluding hydrogens is 368 g/mol. The number of carbonyl (C=O) groups is 1. The average molecular weight is 384 g/mol. The van der Waals surface area contributed by atoms with E-state index >= 15 is 0 Å². The fourth-order valence-electron chi connectivity index (χ4n) is 3.12. The normalized spacial score (nSPS) is 13.4. The van der Waals surface area contributed by atoms with Gasteiger partial charge in [-0.2, -0.15) is 10.4 Å². The SMILES string of the molecule is Cn1ncc2c(SCC(=O)Nc3sc4c(c3C#N)CCCC4)ncnc21. The summed E-state index contributed by atoms with van der Waals surface area (Å²) >= 11 is 2.88. The van der Waals surface area contributed by atoms with Crippen molar-refractivity contribution in [1.82, 2.24) is 19.7 Å². The molecule has 1 N–H and O–H groups in total. The number of thioether (sulfide) groups is 1. The van der Waals surface area contributed by atoms with Crippen molar-refractivity contribution in [3.8, 4) is 6.07 Å². The lowest BCUT2D eigenvalue weighted by Crippen LogP contribution is -2.14. The van der Waals surface area contributed by atoms with E-state index in [9.17, 15) is 10.1 Å². The van der Waals surface area contributed by atoms with Gasteiger partial charge in [-0.1, -0.05) is 11.8 Å². The second-order valence-corrected chi connectivity index (χ2v) is 8.12. The van der Waals surface area contributed by atoms with Gasteiger partial charge in [-0.3, -0.25) is 9.48 Å². The van der Waals surface area contributed by atoms with Gasteiger partial charge in [0.2, 0.25) is 5.91 Å². The zero-order valence-corrected chi connectivity index (χ0v) is 15.8. The predicted octanol–water partition coefficient (Wildman–Crippen LogP) is 2.91. The average Bonchev–Trinajstić information content (AvgIpc) is 3.20. The van der Waals surface area contributed by atoms with Gasteiger partial charge in [-0.15, -0.1) is 11.3 Å². The van der Waals surface area contributed by atoms with Gasteiger partial charge in [0, 0.05) is 11.9 Å². The second kappa shape index (κ2) is 7.05. The van der Waals surface area contributed by atoms with Crippen LogP contribution in [0.3, 0.4) is 0 Å². The van der Waals surface area contributed by atoms with E-state index in [-0.39, 0.29) is 11.7 Å². The Labute approximate surface area is 158 Å². The van der Waals surface area contributed by atoms with Crippen LogP contribution in [0.2, 0.25) is 0 Å². The van der Waals surface area contributed by atoms with E-state index in [2.05, 4.69) is 26.5 Å². The Bertz CT molecular complexity index is 1030. The summed E-state index contributed by atoms with van der Waals surface area (Å²) in [5, 5.41) is 18.8. The molecule has 0 atom stereocenters. The van der Waals surface area contributed by atoms with Crippen LogP contribution in [0.15, 0.2) is 17.6 Å². The molecule has 1 aliphatic carbocycles. The summed E-state index contributed by atoms with van der Waals surface area (Å²) in [7, 11) is 1.82. The van der Waals surface area contributed by atoms with Crippen LogP contribution in [0.5, 0.6) is 0 Å². The molecule has 1 amide bonds. The van der Waals surface area contributed by atoms with Crippen molar-refractivity contribution in [2.75, 3.05) is 11.1 Å². The number of amides is 1. The molecular formula is C17H16N6OS2. The Morgan fingerprint density at radius 3 is 3.12 bits per heavy atom. The summed E-state index contributed by atoms with van der Waals surface area (Å²) in [5.41, 5.74) is 2.50. The maximum Gasteiger partial charge on any atom is 0.235 e. The van der Waals surface area contributed by atoms with Crippen molar-refractivity contribution in [3.63, 3.8) is 0 Å². The lowest BCUT2D eigenvalue weighted by atomic mass is 9.96. The topological polar surface area (TPSA) is 96.5 Å². The first kappa shape index (κ1) is 17.0. The summed E-state index contributed by atoms with van der Waals surface area (Å²) in [4.78, 5) is 22.1. The molecule has 9 heteroatoms. The highest BCUT2D eigenvalue weighted by molar-refractivity contribution is 8.00. The van der Waals surface area contributed by atoms with Gasteiger partial charge in [0.1, 0.15) is 22.4 Å². The standard InChI is InChI=1S/C17H16N6OS2/c1-23-15-12(7-21-23)16(20-9-19-15)25-8-14(24)22-17-11(6-18)10-4-2-3-5-13(10)26-17/h7,9H,2-5,8H2,1H3,(H,22,24). The van der Waals surface area contributed by atoms with Gasteiger partial charge >= 0.3 is 0 Å². The molecule has 7 nitrogen and oxygen atoms in total. The van der Waals surface area contributed by atoms with E-state index in [4.69, 9.17) is 0 Å². The Morgan fingerprint density at radius 2 is 2.27 bits per heavy atom. The number of fused-ring (bicyclic) bond motifs is 2. The minimum absolute atomic E-state index is 0.138. The van der Waals surface area contributed by atoms with Gasteiger partial charge in [0.15, 0.2) is 5.65 Å². The van der Waals surface area contributed by atoms with Crippen LogP contribution in [-0.2, 0) is 24.7 Å². The number of aromatic nitrogens is 4. The molecule has 4 rings (SSSR count). The summed E-state index contributed by atoms with van der Waals surface area (Å²) < 4.78 is 1.68. The van der Waals surface area contributed by atoms with E-state index < -0.39 is 0 Å². The molecule has 3 heterocycles. The van der Waals surface area contributed by atoms with Crippen LogP contribution in [0.4, 0.5) is 5.00 Å². The molecule has 3 aromatic heterocycles. The molecule has 1 aliphatic rings. The Balaban J connectivity index is 1.48. The molecule has 0 saturated carbocycles. The highest BCUT2D eigenvalue weighted by Gasteiger charge is 2.22. The molecule has 0 aromatic carbocycles. The monoisotopic (exact) mass is 384 g/mol. The zero-order valence-electron chi connectivity index (χ0n) is 14.2. The van der Waals surface area contributed by atoms with E-state index in [0.29, 0.717) is 10.6 Å². The van der Waals surface area contributed by atoms with Crippen molar-refractivity contribution >= 4 is 45.0 Å². The zero-order chi connectivity index (χ0) is 18.1. The van der Waals surface area contributed by atoms with Crippen molar-refractivity contribution in [2.24, 2.45) is 7.05 Å². The molecule has 0 aliphatic heterocycles. The fourth-order valence-corrected chi connectivity index (χ4v) is 5.14. The Hall–Kier alpha value is -2.44. The van der Waals surface area contributed by atoms with Crippen LogP contribution in [-0.4, -0.2) is 31.4 Å². The fraction of sp³-hybridized carbons (Fsp3) is 0.353. The van der Waals surface area contributed by atoms with Crippen molar-refractivity contribution in [1.29, 1.82) is 5.26 Å². The number of thiophene rings is 1. The molecule has 26 heavy (non-hydrogen) atoms. The molecule has 0 fully saturated rings. The highest BCUT2D eigenvalue weighted by Crippen LogP contribution is 2.37. The van der Waals surface area contributed by atoms with E-state index in [1.54, 1.807) is 10.9 Å². The van der Waals surface area contributed by atoms with Gasteiger partial charge in [-0.05, 0) is 31.2 Å². The maximum absolute atomic E-state index is 12.4. The third-order valence-electron chi connectivity index (χ3n) is 4.37. The first-order valence-electron chi connectivity index (χ1n) is 8.27. The lowest BCUT2D eigenvalue weighted by molar-refractivity contribution is -0.113. The van der Waals surface area contributed by atoms with Crippen molar-refractivity contribution in [2.45, 2.75) is 30.7 Å². The van der Waals surface area contributed by atoms with Gasteiger partial charge in [-0.25, -0.2) is 9.97 Å². The van der Waals surface area contributed by atoms with Crippen molar-refractivity contribution < 1.29 is 4.79 Å². The minimum atomic E-state index is -0.138. The minimum Gasteiger partial charge on any atom is -0.316 e. The summed E-state index contributed by atoms with van der Waals surface area (Å²) in [5.74, 6) is 0.0785. The maximum atomic E-state index is 12.4. The van der Waals surface area contributed by atoms with Gasteiger partial charge in [0.25, 0.3) is 0 Å². The van der Waals surface area contributed by atoms with Crippen LogP contribution in [0.25, 0.3) is 11.0 Å². The number of nitriles is 1. The van der Waals surface area contributed by atoms with Crippen LogP contribution in [0, 0.1) is 11.3 Å². The highest BCUT2D eigenvalue weighted by atomic mass is 32.2. The summed E-state index contributed by atoms with van der Waals surface area (Å²) in [6.45, 7) is 0. The largest absolute Gasteiger partial charge is 0.316 e. The quantitative estimate of drug-likeness (QED) is 0.549. The third kappa shape index (κ3) is 3.06. The Morgan fingerprint density at radius 1 is 1.42 bits per heavy atom. The van der Waals surface area contributed by atoms with Crippen LogP contribution in [0.1, 0.15) is 28.8 Å². The number of nitrogens with one attached hydrogen (secondary N) is 1. The first-order valence-corrected chi connectivity index (χ1v) is 10.1. The number of carbonyl (C=O) groups excluding carboxylic acids is 1. The van der Waals surface area contributed by atoms with Gasteiger partial charge in [0.05, 0.1) is 22.9 Å². The van der Waals surface area contributed by atoms with Crippen LogP contribution < -0.4 is 5.32 Å². The van der Waals surface area contributed by atoms with Gasteiger partial charge < -0.3 is 5.32 Å². The molecule has 0 bridgehead atoms. The first-order chi connectivity index (χ1) is 12.7. The number of anilines is 1.